The molecule has 1 atom stereocenters. The smallest absolute Gasteiger partial charge is 0.184 e. The number of nitrogens with one attached hydrogen (secondary N) is 1. The summed E-state index contributed by atoms with van der Waals surface area (Å²) in [6.07, 6.45) is 0.360. The van der Waals surface area contributed by atoms with Crippen molar-refractivity contribution in [1.29, 1.82) is 0 Å². The molecule has 0 saturated heterocycles. The van der Waals surface area contributed by atoms with Gasteiger partial charge in [0, 0.05) is 6.54 Å². The van der Waals surface area contributed by atoms with Crippen molar-refractivity contribution in [3.63, 3.8) is 0 Å². The van der Waals surface area contributed by atoms with Crippen molar-refractivity contribution < 1.29 is 4.43 Å². The Morgan fingerprint density at radius 1 is 1.08 bits per heavy atom. The minimum absolute atomic E-state index is 0.360. The van der Waals surface area contributed by atoms with E-state index in [9.17, 15) is 0 Å². The van der Waals surface area contributed by atoms with E-state index < -0.39 is 16.6 Å². The lowest BCUT2D eigenvalue weighted by molar-refractivity contribution is 0.217. The topological polar surface area (TPSA) is 21.3 Å². The van der Waals surface area contributed by atoms with E-state index >= 15 is 0 Å². The van der Waals surface area contributed by atoms with Crippen LogP contribution >= 0.6 is 0 Å². The van der Waals surface area contributed by atoms with Crippen LogP contribution in [-0.4, -0.2) is 29.2 Å². The third-order valence-corrected chi connectivity index (χ3v) is 3.85. The first-order valence-electron chi connectivity index (χ1n) is 5.03. The van der Waals surface area contributed by atoms with Crippen molar-refractivity contribution in [2.75, 3.05) is 6.54 Å². The Bertz CT molecular complexity index is 149. The Morgan fingerprint density at radius 3 is 1.85 bits per heavy atom. The second kappa shape index (κ2) is 4.73. The van der Waals surface area contributed by atoms with E-state index in [2.05, 4.69) is 51.2 Å². The quantitative estimate of drug-likeness (QED) is 0.718. The fourth-order valence-electron chi connectivity index (χ4n) is 1.10. The number of hydrogen-bond donors (Lipinski definition) is 1. The lowest BCUT2D eigenvalue weighted by Gasteiger charge is -2.27. The van der Waals surface area contributed by atoms with Crippen LogP contribution < -0.4 is 4.98 Å². The zero-order valence-corrected chi connectivity index (χ0v) is 12.2. The zero-order valence-electron chi connectivity index (χ0n) is 10.2. The van der Waals surface area contributed by atoms with Gasteiger partial charge in [0.05, 0.1) is 6.10 Å². The van der Waals surface area contributed by atoms with Crippen LogP contribution in [0.5, 0.6) is 0 Å². The van der Waals surface area contributed by atoms with Crippen LogP contribution in [-0.2, 0) is 4.43 Å². The zero-order chi connectivity index (χ0) is 10.7. The molecule has 80 valence electrons. The Balaban J connectivity index is 3.70. The lowest BCUT2D eigenvalue weighted by atomic mass is 10.4. The minimum Gasteiger partial charge on any atom is -0.414 e. The van der Waals surface area contributed by atoms with Crippen LogP contribution in [0.3, 0.4) is 0 Å². The third-order valence-electron chi connectivity index (χ3n) is 1.47. The molecule has 0 rings (SSSR count). The van der Waals surface area contributed by atoms with Gasteiger partial charge in [-0.05, 0) is 26.6 Å². The van der Waals surface area contributed by atoms with E-state index in [0.717, 1.165) is 6.54 Å². The summed E-state index contributed by atoms with van der Waals surface area (Å²) in [6.45, 7) is 16.8. The van der Waals surface area contributed by atoms with Gasteiger partial charge in [0.25, 0.3) is 0 Å². The highest BCUT2D eigenvalue weighted by atomic mass is 28.4. The Morgan fingerprint density at radius 2 is 1.54 bits per heavy atom. The van der Waals surface area contributed by atoms with E-state index in [1.54, 1.807) is 0 Å². The Labute approximate surface area is 85.3 Å². The molecule has 0 aromatic rings. The van der Waals surface area contributed by atoms with Gasteiger partial charge in [-0.25, -0.2) is 0 Å². The molecule has 0 saturated carbocycles. The first-order chi connectivity index (χ1) is 5.60. The molecule has 0 fully saturated rings. The van der Waals surface area contributed by atoms with Gasteiger partial charge in [-0.3, -0.25) is 0 Å². The SMILES string of the molecule is CC(CN[Si](C)(C)C)O[Si](C)(C)C. The minimum atomic E-state index is -1.34. The summed E-state index contributed by atoms with van der Waals surface area (Å²) >= 11 is 0. The molecule has 0 amide bonds. The summed E-state index contributed by atoms with van der Waals surface area (Å²) in [7, 11) is -2.45. The van der Waals surface area contributed by atoms with Crippen molar-refractivity contribution in [1.82, 2.24) is 4.98 Å². The van der Waals surface area contributed by atoms with Gasteiger partial charge in [-0.15, -0.1) is 0 Å². The highest BCUT2D eigenvalue weighted by Gasteiger charge is 2.20. The molecule has 2 nitrogen and oxygen atoms in total. The fraction of sp³-hybridized carbons (Fsp3) is 1.00. The highest BCUT2D eigenvalue weighted by molar-refractivity contribution is 6.73. The molecule has 0 aromatic carbocycles. The highest BCUT2D eigenvalue weighted by Crippen LogP contribution is 2.07. The average Bonchev–Trinajstić information content (AvgIpc) is 1.78. The molecule has 13 heavy (non-hydrogen) atoms. The second-order valence-corrected chi connectivity index (χ2v) is 15.0. The van der Waals surface area contributed by atoms with Crippen LogP contribution in [0.25, 0.3) is 0 Å². The molecule has 0 aliphatic heterocycles. The van der Waals surface area contributed by atoms with Gasteiger partial charge in [-0.1, -0.05) is 19.6 Å². The molecule has 0 bridgehead atoms. The standard InChI is InChI=1S/C9H25NOSi2/c1-9(11-13(5,6)7)8-10-12(2,3)4/h9-10H,8H2,1-7H3. The summed E-state index contributed by atoms with van der Waals surface area (Å²) in [5.41, 5.74) is 0. The van der Waals surface area contributed by atoms with Gasteiger partial charge in [0.2, 0.25) is 0 Å². The maximum absolute atomic E-state index is 5.93. The van der Waals surface area contributed by atoms with Crippen molar-refractivity contribution in [3.05, 3.63) is 0 Å². The Kier molecular flexibility index (Phi) is 4.86. The molecular weight excluding hydrogens is 194 g/mol. The third kappa shape index (κ3) is 10.3. The maximum atomic E-state index is 5.93. The van der Waals surface area contributed by atoms with Gasteiger partial charge in [-0.2, -0.15) is 0 Å². The van der Waals surface area contributed by atoms with Crippen molar-refractivity contribution in [2.45, 2.75) is 52.3 Å². The average molecular weight is 219 g/mol. The summed E-state index contributed by atoms with van der Waals surface area (Å²) in [5, 5.41) is 0. The monoisotopic (exact) mass is 219 g/mol. The van der Waals surface area contributed by atoms with E-state index in [1.807, 2.05) is 0 Å². The fourth-order valence-corrected chi connectivity index (χ4v) is 3.29. The molecule has 4 heteroatoms. The molecular formula is C9H25NOSi2. The van der Waals surface area contributed by atoms with Gasteiger partial charge >= 0.3 is 0 Å². The number of hydrogen-bond acceptors (Lipinski definition) is 2. The van der Waals surface area contributed by atoms with Crippen molar-refractivity contribution >= 4 is 16.6 Å². The van der Waals surface area contributed by atoms with Crippen molar-refractivity contribution in [2.24, 2.45) is 0 Å². The van der Waals surface area contributed by atoms with E-state index in [0.29, 0.717) is 6.10 Å². The molecule has 0 radical (unpaired) electrons. The predicted molar refractivity (Wildman–Crippen MR) is 65.2 cm³/mol. The van der Waals surface area contributed by atoms with Crippen LogP contribution in [0.15, 0.2) is 0 Å². The van der Waals surface area contributed by atoms with Crippen LogP contribution in [0.4, 0.5) is 0 Å². The van der Waals surface area contributed by atoms with Crippen LogP contribution in [0, 0.1) is 0 Å². The lowest BCUT2D eigenvalue weighted by Crippen LogP contribution is -2.46. The molecule has 1 unspecified atom stereocenters. The van der Waals surface area contributed by atoms with E-state index in [-0.39, 0.29) is 0 Å². The summed E-state index contributed by atoms with van der Waals surface area (Å²) in [5.74, 6) is 0. The van der Waals surface area contributed by atoms with Crippen LogP contribution in [0.2, 0.25) is 39.3 Å². The molecule has 0 heterocycles. The molecule has 0 aliphatic carbocycles. The van der Waals surface area contributed by atoms with E-state index in [1.165, 1.54) is 0 Å². The number of rotatable bonds is 5. The van der Waals surface area contributed by atoms with Crippen LogP contribution in [0.1, 0.15) is 6.92 Å². The molecule has 0 aliphatic rings. The van der Waals surface area contributed by atoms with Gasteiger partial charge in [0.15, 0.2) is 8.32 Å². The first kappa shape index (κ1) is 13.4. The molecule has 0 spiro atoms. The largest absolute Gasteiger partial charge is 0.414 e. The maximum Gasteiger partial charge on any atom is 0.184 e. The second-order valence-electron chi connectivity index (χ2n) is 5.67. The first-order valence-corrected chi connectivity index (χ1v) is 11.9. The summed E-state index contributed by atoms with van der Waals surface area (Å²) < 4.78 is 5.93. The Hall–Kier alpha value is 0.354. The molecule has 0 aromatic heterocycles. The van der Waals surface area contributed by atoms with Gasteiger partial charge in [0.1, 0.15) is 8.24 Å². The normalized spacial score (nSPS) is 15.9. The molecule has 1 N–H and O–H groups in total. The predicted octanol–water partition coefficient (Wildman–Crippen LogP) is 2.65. The summed E-state index contributed by atoms with van der Waals surface area (Å²) in [6, 6.07) is 0. The summed E-state index contributed by atoms with van der Waals surface area (Å²) in [4.78, 5) is 3.58. The van der Waals surface area contributed by atoms with E-state index in [4.69, 9.17) is 4.43 Å². The van der Waals surface area contributed by atoms with Crippen molar-refractivity contribution in [3.8, 4) is 0 Å². The van der Waals surface area contributed by atoms with Gasteiger partial charge < -0.3 is 9.41 Å².